The first-order valence-corrected chi connectivity index (χ1v) is 24.6. The summed E-state index contributed by atoms with van der Waals surface area (Å²) in [6.07, 6.45) is -7.99. The number of esters is 1. The Bertz CT molecular complexity index is 1790. The van der Waals surface area contributed by atoms with Gasteiger partial charge in [0.05, 0.1) is 42.0 Å². The Morgan fingerprint density at radius 1 is 0.985 bits per heavy atom. The van der Waals surface area contributed by atoms with Gasteiger partial charge in [-0.3, -0.25) is 4.79 Å². The maximum Gasteiger partial charge on any atom is 0.319 e. The number of ether oxygens (including phenoxy) is 7. The van der Waals surface area contributed by atoms with E-state index in [0.29, 0.717) is 30.8 Å². The maximum absolute atomic E-state index is 14.7. The lowest BCUT2D eigenvalue weighted by molar-refractivity contribution is -0.335. The van der Waals surface area contributed by atoms with Crippen LogP contribution in [-0.2, 0) is 33.2 Å². The van der Waals surface area contributed by atoms with Crippen molar-refractivity contribution in [2.75, 3.05) is 47.9 Å². The smallest absolute Gasteiger partial charge is 0.319 e. The second-order valence-corrected chi connectivity index (χ2v) is 21.0. The van der Waals surface area contributed by atoms with E-state index in [-0.39, 0.29) is 37.8 Å². The minimum absolute atomic E-state index is 0.0359. The number of aliphatic hydroxyl groups excluding tert-OH is 1. The first-order valence-electron chi connectivity index (χ1n) is 24.6. The van der Waals surface area contributed by atoms with Crippen LogP contribution in [0.15, 0.2) is 18.2 Å². The average Bonchev–Trinajstić information content (AvgIpc) is 3.27. The zero-order valence-electron chi connectivity index (χ0n) is 43.7. The molecule has 0 spiro atoms. The summed E-state index contributed by atoms with van der Waals surface area (Å²) >= 11 is 0. The van der Waals surface area contributed by atoms with Gasteiger partial charge in [0.25, 0.3) is 0 Å². The standard InChI is InChI=1S/C50H87FN4O13/c1-17-21-52-27-50(61)34(9)64-39(25-48(50,11)62-16)67-40-31(6)43(47(10,59)24-28(3)26-53-33(8)42(56)49(12,60)38(18-2)66-44(57)32(40)7)68-45-41(65-37-20-19-35(51)22-29(37)4)36(23-30(5)63-45)55(15)46(58)54(13)14/h19-20,22,28,30-34,36,38-43,45,52-53,56,59-61H,17-18,21,23-27H2,1-16H3/t28-,30-,31+,32-,33-,34+,36+,38-,39+,40+,41-,42-,43-,45+,47-,48-,49-,50+/m1/s1. The number of likely N-dealkylation sites (N-methyl/N-ethyl adjacent to an activating group) is 1. The van der Waals surface area contributed by atoms with Crippen molar-refractivity contribution in [3.63, 3.8) is 0 Å². The minimum atomic E-state index is -1.87. The molecule has 3 fully saturated rings. The Labute approximate surface area is 405 Å². The number of nitrogens with zero attached hydrogens (tertiary/aromatic N) is 2. The third kappa shape index (κ3) is 13.0. The van der Waals surface area contributed by atoms with Crippen molar-refractivity contribution < 1.29 is 67.6 Å². The minimum Gasteiger partial charge on any atom is -0.483 e. The number of aliphatic hydroxyl groups is 4. The van der Waals surface area contributed by atoms with Gasteiger partial charge in [0, 0.05) is 53.2 Å². The molecule has 0 aliphatic carbocycles. The van der Waals surface area contributed by atoms with Crippen LogP contribution in [0.2, 0.25) is 0 Å². The average molecular weight is 971 g/mol. The van der Waals surface area contributed by atoms with Crippen molar-refractivity contribution >= 4 is 12.0 Å². The van der Waals surface area contributed by atoms with Crippen LogP contribution in [-0.4, -0.2) is 180 Å². The number of benzene rings is 1. The predicted molar refractivity (Wildman–Crippen MR) is 254 cm³/mol. The summed E-state index contributed by atoms with van der Waals surface area (Å²) in [7, 11) is 6.48. The van der Waals surface area contributed by atoms with Crippen LogP contribution in [0.4, 0.5) is 9.18 Å². The number of carbonyl (C=O) groups excluding carboxylic acids is 2. The predicted octanol–water partition coefficient (Wildman–Crippen LogP) is 4.51. The van der Waals surface area contributed by atoms with E-state index in [9.17, 15) is 34.4 Å². The van der Waals surface area contributed by atoms with Gasteiger partial charge in [-0.2, -0.15) is 0 Å². The lowest BCUT2D eigenvalue weighted by Gasteiger charge is -2.53. The molecular weight excluding hydrogens is 884 g/mol. The molecule has 0 unspecified atom stereocenters. The number of amides is 2. The van der Waals surface area contributed by atoms with Crippen LogP contribution < -0.4 is 15.4 Å². The van der Waals surface area contributed by atoms with Gasteiger partial charge in [0.1, 0.15) is 40.6 Å². The highest BCUT2D eigenvalue weighted by atomic mass is 19.1. The molecule has 68 heavy (non-hydrogen) atoms. The molecule has 0 aromatic heterocycles. The Hall–Kier alpha value is -2.75. The van der Waals surface area contributed by atoms with Crippen LogP contribution in [0.3, 0.4) is 0 Å². The molecule has 17 nitrogen and oxygen atoms in total. The number of hydrogen-bond donors (Lipinski definition) is 6. The zero-order valence-corrected chi connectivity index (χ0v) is 43.7. The second kappa shape index (κ2) is 23.7. The maximum atomic E-state index is 14.7. The van der Waals surface area contributed by atoms with E-state index in [2.05, 4.69) is 10.6 Å². The van der Waals surface area contributed by atoms with Gasteiger partial charge in [0.15, 0.2) is 18.7 Å². The number of nitrogens with one attached hydrogen (secondary N) is 2. The van der Waals surface area contributed by atoms with Crippen LogP contribution in [0.1, 0.15) is 114 Å². The first-order chi connectivity index (χ1) is 31.6. The summed E-state index contributed by atoms with van der Waals surface area (Å²) in [6, 6.07) is 2.54. The lowest BCUT2D eigenvalue weighted by atomic mass is 9.75. The quantitative estimate of drug-likeness (QED) is 0.119. The number of carbonyl (C=O) groups is 2. The molecule has 6 N–H and O–H groups in total. The Morgan fingerprint density at radius 2 is 1.65 bits per heavy atom. The molecule has 3 aliphatic rings. The molecule has 1 aromatic rings. The van der Waals surface area contributed by atoms with E-state index in [1.54, 1.807) is 81.4 Å². The number of hydrogen-bond acceptors (Lipinski definition) is 15. The molecule has 392 valence electrons. The Kier molecular flexibility index (Phi) is 20.1. The normalized spacial score (nSPS) is 41.2. The van der Waals surface area contributed by atoms with Gasteiger partial charge in [-0.25, -0.2) is 9.18 Å². The van der Waals surface area contributed by atoms with Crippen LogP contribution in [0, 0.1) is 30.5 Å². The van der Waals surface area contributed by atoms with Gasteiger partial charge < -0.3 is 74.0 Å². The highest BCUT2D eigenvalue weighted by Gasteiger charge is 2.58. The first kappa shape index (κ1) is 57.8. The van der Waals surface area contributed by atoms with Crippen LogP contribution in [0.5, 0.6) is 5.75 Å². The van der Waals surface area contributed by atoms with Gasteiger partial charge >= 0.3 is 12.0 Å². The molecule has 0 saturated carbocycles. The molecule has 0 bridgehead atoms. The van der Waals surface area contributed by atoms with Crippen LogP contribution >= 0.6 is 0 Å². The summed E-state index contributed by atoms with van der Waals surface area (Å²) in [5, 5.41) is 55.2. The van der Waals surface area contributed by atoms with E-state index >= 15 is 0 Å². The summed E-state index contributed by atoms with van der Waals surface area (Å²) < 4.78 is 60.6. The lowest BCUT2D eigenvalue weighted by Crippen LogP contribution is -2.70. The fraction of sp³-hybridized carbons (Fsp3) is 0.840. The molecule has 0 radical (unpaired) electrons. The Morgan fingerprint density at radius 3 is 2.24 bits per heavy atom. The largest absolute Gasteiger partial charge is 0.483 e. The number of urea groups is 1. The number of aryl methyl sites for hydroxylation is 1. The number of cyclic esters (lactones) is 1. The third-order valence-corrected chi connectivity index (χ3v) is 14.9. The van der Waals surface area contributed by atoms with Gasteiger partial charge in [-0.15, -0.1) is 0 Å². The summed E-state index contributed by atoms with van der Waals surface area (Å²) in [6.45, 7) is 22.2. The molecule has 3 aliphatic heterocycles. The molecule has 18 atom stereocenters. The molecule has 4 rings (SSSR count). The van der Waals surface area contributed by atoms with Gasteiger partial charge in [-0.1, -0.05) is 27.7 Å². The highest BCUT2D eigenvalue weighted by Crippen LogP contribution is 2.43. The molecule has 3 heterocycles. The van der Waals surface area contributed by atoms with E-state index in [1.165, 1.54) is 37.1 Å². The molecule has 2 amide bonds. The van der Waals surface area contributed by atoms with E-state index in [0.717, 1.165) is 6.42 Å². The summed E-state index contributed by atoms with van der Waals surface area (Å²) in [5.74, 6) is -3.13. The monoisotopic (exact) mass is 971 g/mol. The second-order valence-electron chi connectivity index (χ2n) is 21.0. The van der Waals surface area contributed by atoms with E-state index < -0.39 is 113 Å². The highest BCUT2D eigenvalue weighted by molar-refractivity contribution is 5.74. The van der Waals surface area contributed by atoms with E-state index in [1.807, 2.05) is 20.8 Å². The zero-order chi connectivity index (χ0) is 51.3. The van der Waals surface area contributed by atoms with Crippen molar-refractivity contribution in [2.45, 2.75) is 205 Å². The Balaban J connectivity index is 1.92. The van der Waals surface area contributed by atoms with Gasteiger partial charge in [-0.05, 0) is 124 Å². The fourth-order valence-corrected chi connectivity index (χ4v) is 10.5. The van der Waals surface area contributed by atoms with E-state index in [4.69, 9.17) is 33.2 Å². The number of halogens is 1. The molecule has 18 heteroatoms. The number of methoxy groups -OCH3 is 1. The van der Waals surface area contributed by atoms with Crippen molar-refractivity contribution in [3.05, 3.63) is 29.6 Å². The molecular formula is C50H87FN4O13. The van der Waals surface area contributed by atoms with Crippen LogP contribution in [0.25, 0.3) is 0 Å². The van der Waals surface area contributed by atoms with Crippen molar-refractivity contribution in [2.24, 2.45) is 17.8 Å². The van der Waals surface area contributed by atoms with Gasteiger partial charge in [0.2, 0.25) is 0 Å². The van der Waals surface area contributed by atoms with Crippen molar-refractivity contribution in [1.82, 2.24) is 20.4 Å². The molecule has 1 aromatic carbocycles. The fourth-order valence-electron chi connectivity index (χ4n) is 10.5. The third-order valence-electron chi connectivity index (χ3n) is 14.9. The SMILES string of the molecule is CCCNC[C@]1(O)[C@H](C)O[C@@H](O[C@H]2[C@H](C)[C@@H](O[C@@H]3O[C@H](C)C[C@H](N(C)C(=O)N(C)C)[C@H]3Oc3ccc(F)cc3C)[C@](C)(O)C[C@@H](C)CN[C@H](C)[C@@H](O)[C@](C)(O)[C@@H](CC)OC(=O)[C@@H]2C)C[C@@]1(C)OC. The number of rotatable bonds is 13. The summed E-state index contributed by atoms with van der Waals surface area (Å²) in [4.78, 5) is 31.3. The summed E-state index contributed by atoms with van der Waals surface area (Å²) in [5.41, 5.74) is -5.77. The molecule has 3 saturated heterocycles. The van der Waals surface area contributed by atoms with Crippen molar-refractivity contribution in [1.29, 1.82) is 0 Å². The topological polar surface area (TPSA) is 210 Å². The van der Waals surface area contributed by atoms with Crippen molar-refractivity contribution in [3.8, 4) is 5.75 Å².